The van der Waals surface area contributed by atoms with Gasteiger partial charge >= 0.3 is 6.03 Å². The number of pyridine rings is 1. The van der Waals surface area contributed by atoms with Gasteiger partial charge in [-0.25, -0.2) is 4.79 Å². The highest BCUT2D eigenvalue weighted by Gasteiger charge is 2.62. The van der Waals surface area contributed by atoms with Crippen molar-refractivity contribution in [2.75, 3.05) is 23.3 Å². The van der Waals surface area contributed by atoms with Crippen LogP contribution in [0, 0.1) is 16.7 Å². The number of likely N-dealkylation sites (tertiary alicyclic amines) is 1. The second-order valence-corrected chi connectivity index (χ2v) is 9.05. The molecule has 8 heteroatoms. The average molecular weight is 472 g/mol. The summed E-state index contributed by atoms with van der Waals surface area (Å²) in [6, 6.07) is 19.6. The highest BCUT2D eigenvalue weighted by molar-refractivity contribution is 6.31. The van der Waals surface area contributed by atoms with Crippen LogP contribution in [0.25, 0.3) is 0 Å². The normalized spacial score (nSPS) is 18.8. The van der Waals surface area contributed by atoms with Crippen molar-refractivity contribution in [1.29, 1.82) is 5.26 Å². The number of β-lactam (4-membered cyclic amide) rings is 1. The summed E-state index contributed by atoms with van der Waals surface area (Å²) in [7, 11) is 0. The molecule has 2 saturated heterocycles. The molecule has 1 N–H and O–H groups in total. The molecule has 0 bridgehead atoms. The number of nitrogens with one attached hydrogen (secondary N) is 1. The van der Waals surface area contributed by atoms with Gasteiger partial charge in [-0.15, -0.1) is 0 Å². The van der Waals surface area contributed by atoms with Gasteiger partial charge in [-0.05, 0) is 60.9 Å². The number of piperidine rings is 1. The molecule has 3 amide bonds. The maximum atomic E-state index is 13.6. The van der Waals surface area contributed by atoms with E-state index in [2.05, 4.69) is 16.4 Å². The highest BCUT2D eigenvalue weighted by Crippen LogP contribution is 2.57. The number of carbonyl (C=O) groups is 2. The Morgan fingerprint density at radius 2 is 1.91 bits per heavy atom. The minimum Gasteiger partial charge on any atom is -0.324 e. The van der Waals surface area contributed by atoms with Crippen LogP contribution in [-0.4, -0.2) is 34.9 Å². The van der Waals surface area contributed by atoms with Crippen LogP contribution in [-0.2, 0) is 4.79 Å². The fraction of sp³-hybridized carbons (Fsp3) is 0.231. The van der Waals surface area contributed by atoms with E-state index in [1.54, 1.807) is 58.6 Å². The molecule has 170 valence electrons. The zero-order valence-corrected chi connectivity index (χ0v) is 19.1. The fourth-order valence-corrected chi connectivity index (χ4v) is 5.20. The predicted octanol–water partition coefficient (Wildman–Crippen LogP) is 5.01. The third-order valence-corrected chi connectivity index (χ3v) is 6.93. The molecule has 3 aromatic rings. The van der Waals surface area contributed by atoms with Crippen LogP contribution in [0.3, 0.4) is 0 Å². The van der Waals surface area contributed by atoms with Crippen molar-refractivity contribution in [3.8, 4) is 6.07 Å². The molecule has 2 aliphatic rings. The van der Waals surface area contributed by atoms with E-state index >= 15 is 0 Å². The zero-order valence-electron chi connectivity index (χ0n) is 18.3. The molecule has 0 radical (unpaired) electrons. The molecule has 0 saturated carbocycles. The number of hydrogen-bond acceptors (Lipinski definition) is 4. The van der Waals surface area contributed by atoms with Gasteiger partial charge in [-0.2, -0.15) is 5.26 Å². The van der Waals surface area contributed by atoms with Crippen molar-refractivity contribution in [2.24, 2.45) is 5.41 Å². The van der Waals surface area contributed by atoms with Crippen LogP contribution in [0.4, 0.5) is 16.2 Å². The van der Waals surface area contributed by atoms with Gasteiger partial charge in [0.15, 0.2) is 0 Å². The Labute approximate surface area is 202 Å². The number of nitriles is 1. The van der Waals surface area contributed by atoms with Crippen LogP contribution in [0.5, 0.6) is 0 Å². The Kier molecular flexibility index (Phi) is 5.68. The summed E-state index contributed by atoms with van der Waals surface area (Å²) in [5.74, 6) is 0.0467. The second-order valence-electron chi connectivity index (χ2n) is 8.61. The summed E-state index contributed by atoms with van der Waals surface area (Å²) in [5.41, 5.74) is 2.19. The number of halogens is 1. The highest BCUT2D eigenvalue weighted by atomic mass is 35.5. The summed E-state index contributed by atoms with van der Waals surface area (Å²) >= 11 is 6.21. The molecule has 5 rings (SSSR count). The number of carbonyl (C=O) groups excluding carboxylic acids is 2. The first-order valence-corrected chi connectivity index (χ1v) is 11.4. The van der Waals surface area contributed by atoms with E-state index in [4.69, 9.17) is 16.9 Å². The number of nitrogens with zero attached hydrogens (tertiary/aromatic N) is 4. The zero-order chi connectivity index (χ0) is 23.7. The lowest BCUT2D eigenvalue weighted by Crippen LogP contribution is -2.67. The third-order valence-electron chi connectivity index (χ3n) is 6.70. The molecule has 1 unspecified atom stereocenters. The summed E-state index contributed by atoms with van der Waals surface area (Å²) in [4.78, 5) is 34.2. The Morgan fingerprint density at radius 3 is 2.62 bits per heavy atom. The van der Waals surface area contributed by atoms with Crippen molar-refractivity contribution in [3.63, 3.8) is 0 Å². The molecule has 0 aliphatic carbocycles. The first kappa shape index (κ1) is 21.9. The van der Waals surface area contributed by atoms with Gasteiger partial charge in [-0.1, -0.05) is 29.8 Å². The van der Waals surface area contributed by atoms with Gasteiger partial charge < -0.3 is 15.1 Å². The first-order chi connectivity index (χ1) is 16.5. The van der Waals surface area contributed by atoms with Crippen molar-refractivity contribution in [2.45, 2.75) is 18.9 Å². The van der Waals surface area contributed by atoms with Gasteiger partial charge in [0.25, 0.3) is 0 Å². The van der Waals surface area contributed by atoms with Crippen LogP contribution in [0.15, 0.2) is 73.1 Å². The Bertz CT molecular complexity index is 1280. The van der Waals surface area contributed by atoms with Gasteiger partial charge in [0.2, 0.25) is 5.91 Å². The summed E-state index contributed by atoms with van der Waals surface area (Å²) in [6.45, 7) is 0.908. The molecule has 34 heavy (non-hydrogen) atoms. The molecule has 2 aliphatic heterocycles. The van der Waals surface area contributed by atoms with Crippen molar-refractivity contribution < 1.29 is 9.59 Å². The van der Waals surface area contributed by atoms with Crippen LogP contribution >= 0.6 is 11.6 Å². The largest absolute Gasteiger partial charge is 0.324 e. The third kappa shape index (κ3) is 3.76. The molecular weight excluding hydrogens is 450 g/mol. The van der Waals surface area contributed by atoms with Gasteiger partial charge in [0, 0.05) is 41.9 Å². The fourth-order valence-electron chi connectivity index (χ4n) is 5.02. The number of rotatable bonds is 3. The van der Waals surface area contributed by atoms with Crippen LogP contribution < -0.4 is 10.2 Å². The molecular formula is C26H22ClN5O2. The molecule has 7 nitrogen and oxygen atoms in total. The van der Waals surface area contributed by atoms with Crippen molar-refractivity contribution in [1.82, 2.24) is 9.88 Å². The Morgan fingerprint density at radius 1 is 1.12 bits per heavy atom. The summed E-state index contributed by atoms with van der Waals surface area (Å²) < 4.78 is 0. The Hall–Kier alpha value is -3.89. The van der Waals surface area contributed by atoms with E-state index in [0.717, 1.165) is 11.3 Å². The number of aromatic nitrogens is 1. The lowest BCUT2D eigenvalue weighted by atomic mass is 9.62. The lowest BCUT2D eigenvalue weighted by molar-refractivity contribution is -0.144. The average Bonchev–Trinajstić information content (AvgIpc) is 2.87. The second kappa shape index (κ2) is 8.81. The molecule has 1 aromatic heterocycles. The lowest BCUT2D eigenvalue weighted by Gasteiger charge is -2.58. The number of urea groups is 1. The number of amides is 3. The van der Waals surface area contributed by atoms with Crippen LogP contribution in [0.2, 0.25) is 5.02 Å². The number of benzene rings is 2. The smallest absolute Gasteiger partial charge is 0.321 e. The van der Waals surface area contributed by atoms with Crippen molar-refractivity contribution in [3.05, 3.63) is 89.2 Å². The topological polar surface area (TPSA) is 89.3 Å². The van der Waals surface area contributed by atoms with E-state index in [0.29, 0.717) is 42.2 Å². The van der Waals surface area contributed by atoms with E-state index in [9.17, 15) is 9.59 Å². The monoisotopic (exact) mass is 471 g/mol. The van der Waals surface area contributed by atoms with E-state index < -0.39 is 5.41 Å². The molecule has 1 spiro atoms. The first-order valence-electron chi connectivity index (χ1n) is 11.1. The predicted molar refractivity (Wildman–Crippen MR) is 129 cm³/mol. The minimum atomic E-state index is -0.594. The minimum absolute atomic E-state index is 0.0467. The number of anilines is 2. The maximum Gasteiger partial charge on any atom is 0.321 e. The number of hydrogen-bond donors (Lipinski definition) is 1. The molecule has 1 atom stereocenters. The molecule has 3 heterocycles. The quantitative estimate of drug-likeness (QED) is 0.544. The SMILES string of the molecule is N#Cc1cccc(NC(=O)N2CCC3(CC2)C(=O)N(c2cccc(Cl)c2)C3c2cccnc2)c1. The van der Waals surface area contributed by atoms with E-state index in [1.165, 1.54) is 0 Å². The van der Waals surface area contributed by atoms with E-state index in [1.807, 2.05) is 24.3 Å². The summed E-state index contributed by atoms with van der Waals surface area (Å²) in [5, 5.41) is 12.5. The van der Waals surface area contributed by atoms with Crippen LogP contribution in [0.1, 0.15) is 30.0 Å². The van der Waals surface area contributed by atoms with Gasteiger partial charge in [0.05, 0.1) is 23.1 Å². The summed E-state index contributed by atoms with van der Waals surface area (Å²) in [6.07, 6.45) is 4.62. The standard InChI is InChI=1S/C26H22ClN5O2/c27-20-6-2-8-22(15-20)32-23(19-5-3-11-29-17-19)26(24(32)33)9-12-31(13-10-26)25(34)30-21-7-1-4-18(14-21)16-28/h1-8,11,14-15,17,23H,9-10,12-13H2,(H,30,34). The molecule has 2 aromatic carbocycles. The molecule has 2 fully saturated rings. The Balaban J connectivity index is 1.36. The van der Waals surface area contributed by atoms with Gasteiger partial charge in [-0.3, -0.25) is 9.78 Å². The van der Waals surface area contributed by atoms with E-state index in [-0.39, 0.29) is 18.0 Å². The maximum absolute atomic E-state index is 13.6. The van der Waals surface area contributed by atoms with Crippen molar-refractivity contribution >= 4 is 34.9 Å². The van der Waals surface area contributed by atoms with Gasteiger partial charge in [0.1, 0.15) is 0 Å².